The Morgan fingerprint density at radius 1 is 1.21 bits per heavy atom. The van der Waals surface area contributed by atoms with Crippen LogP contribution in [0.3, 0.4) is 0 Å². The molecular weight excluding hydrogens is 198 g/mol. The smallest absolute Gasteiger partial charge is 0.0594 e. The minimum Gasteiger partial charge on any atom is -0.377 e. The van der Waals surface area contributed by atoms with Gasteiger partial charge in [0.1, 0.15) is 0 Å². The molecule has 0 saturated heterocycles. The van der Waals surface area contributed by atoms with Gasteiger partial charge in [-0.25, -0.2) is 0 Å². The third-order valence-electron chi connectivity index (χ3n) is 1.82. The van der Waals surface area contributed by atoms with Gasteiger partial charge in [0.05, 0.1) is 12.7 Å². The van der Waals surface area contributed by atoms with Crippen LogP contribution < -0.4 is 5.32 Å². The van der Waals surface area contributed by atoms with Crippen molar-refractivity contribution in [2.45, 2.75) is 45.6 Å². The Morgan fingerprint density at radius 3 is 2.36 bits per heavy atom. The molecule has 0 fully saturated rings. The van der Waals surface area contributed by atoms with Gasteiger partial charge in [0.15, 0.2) is 0 Å². The molecule has 0 saturated carbocycles. The number of ether oxygens (including phenoxy) is 1. The summed E-state index contributed by atoms with van der Waals surface area (Å²) >= 11 is 6.11. The fraction of sp³-hybridized carbons (Fsp3) is 1.00. The van der Waals surface area contributed by atoms with Crippen molar-refractivity contribution in [1.29, 1.82) is 0 Å². The molecule has 1 atom stereocenters. The molecule has 0 aliphatic heterocycles. The second-order valence-corrected chi connectivity index (χ2v) is 4.97. The van der Waals surface area contributed by atoms with Gasteiger partial charge in [-0.05, 0) is 26.2 Å². The summed E-state index contributed by atoms with van der Waals surface area (Å²) in [7, 11) is 0. The van der Waals surface area contributed by atoms with Crippen LogP contribution in [0.2, 0.25) is 0 Å². The summed E-state index contributed by atoms with van der Waals surface area (Å²) in [5, 5.41) is 3.53. The Balaban J connectivity index is 3.19. The van der Waals surface area contributed by atoms with Crippen LogP contribution in [0.1, 0.15) is 34.1 Å². The maximum Gasteiger partial charge on any atom is 0.0594 e. The Hall–Kier alpha value is 0.210. The zero-order chi connectivity index (χ0) is 11.0. The van der Waals surface area contributed by atoms with E-state index < -0.39 is 0 Å². The van der Waals surface area contributed by atoms with E-state index in [0.29, 0.717) is 12.0 Å². The van der Waals surface area contributed by atoms with Crippen molar-refractivity contribution in [3.05, 3.63) is 0 Å². The standard InChI is InChI=1S/C11H24ClNO/c1-9(2)7-11(12)8-13-5-6-14-10(3)4/h9-11,13H,5-8H2,1-4H3. The molecule has 0 aliphatic carbocycles. The summed E-state index contributed by atoms with van der Waals surface area (Å²) in [6, 6.07) is 0. The first-order chi connectivity index (χ1) is 6.52. The summed E-state index contributed by atoms with van der Waals surface area (Å²) in [4.78, 5) is 0. The van der Waals surface area contributed by atoms with Crippen molar-refractivity contribution in [2.24, 2.45) is 5.92 Å². The van der Waals surface area contributed by atoms with E-state index in [1.54, 1.807) is 0 Å². The molecule has 1 unspecified atom stereocenters. The van der Waals surface area contributed by atoms with Gasteiger partial charge >= 0.3 is 0 Å². The number of nitrogens with one attached hydrogen (secondary N) is 1. The molecule has 0 amide bonds. The molecule has 86 valence electrons. The molecule has 0 spiro atoms. The highest BCUT2D eigenvalue weighted by Gasteiger charge is 2.06. The molecule has 1 N–H and O–H groups in total. The molecule has 0 radical (unpaired) electrons. The van der Waals surface area contributed by atoms with Crippen LogP contribution in [0.4, 0.5) is 0 Å². The van der Waals surface area contributed by atoms with Crippen LogP contribution in [0, 0.1) is 5.92 Å². The summed E-state index contributed by atoms with van der Waals surface area (Å²) in [6.45, 7) is 11.0. The van der Waals surface area contributed by atoms with Gasteiger partial charge in [0, 0.05) is 18.5 Å². The number of hydrogen-bond donors (Lipinski definition) is 1. The molecule has 0 aromatic carbocycles. The second-order valence-electron chi connectivity index (χ2n) is 4.35. The fourth-order valence-electron chi connectivity index (χ4n) is 1.22. The highest BCUT2D eigenvalue weighted by molar-refractivity contribution is 6.20. The lowest BCUT2D eigenvalue weighted by molar-refractivity contribution is 0.0809. The lowest BCUT2D eigenvalue weighted by atomic mass is 10.1. The molecule has 3 heteroatoms. The third-order valence-corrected chi connectivity index (χ3v) is 2.16. The molecule has 0 heterocycles. The van der Waals surface area contributed by atoms with Crippen molar-refractivity contribution in [3.8, 4) is 0 Å². The van der Waals surface area contributed by atoms with Crippen LogP contribution in [0.25, 0.3) is 0 Å². The third kappa shape index (κ3) is 10.3. The molecule has 0 rings (SSSR count). The first kappa shape index (κ1) is 14.2. The van der Waals surface area contributed by atoms with E-state index >= 15 is 0 Å². The Labute approximate surface area is 93.4 Å². The van der Waals surface area contributed by atoms with Crippen molar-refractivity contribution >= 4 is 11.6 Å². The van der Waals surface area contributed by atoms with Gasteiger partial charge in [0.25, 0.3) is 0 Å². The van der Waals surface area contributed by atoms with Crippen LogP contribution in [-0.2, 0) is 4.74 Å². The maximum atomic E-state index is 6.11. The summed E-state index contributed by atoms with van der Waals surface area (Å²) < 4.78 is 5.40. The second kappa shape index (κ2) is 8.51. The van der Waals surface area contributed by atoms with Crippen molar-refractivity contribution in [2.75, 3.05) is 19.7 Å². The molecule has 0 aliphatic rings. The van der Waals surface area contributed by atoms with E-state index in [-0.39, 0.29) is 5.38 Å². The van der Waals surface area contributed by atoms with Crippen molar-refractivity contribution < 1.29 is 4.74 Å². The first-order valence-corrected chi connectivity index (χ1v) is 5.92. The highest BCUT2D eigenvalue weighted by atomic mass is 35.5. The van der Waals surface area contributed by atoms with E-state index in [9.17, 15) is 0 Å². The predicted molar refractivity (Wildman–Crippen MR) is 63.1 cm³/mol. The van der Waals surface area contributed by atoms with E-state index in [1.165, 1.54) is 0 Å². The van der Waals surface area contributed by atoms with Crippen molar-refractivity contribution in [1.82, 2.24) is 5.32 Å². The van der Waals surface area contributed by atoms with Gasteiger partial charge in [-0.1, -0.05) is 13.8 Å². The van der Waals surface area contributed by atoms with Gasteiger partial charge in [-0.3, -0.25) is 0 Å². The zero-order valence-corrected chi connectivity index (χ0v) is 10.6. The minimum absolute atomic E-state index is 0.244. The molecule has 0 aromatic heterocycles. The highest BCUT2D eigenvalue weighted by Crippen LogP contribution is 2.09. The summed E-state index contributed by atoms with van der Waals surface area (Å²) in [5.74, 6) is 0.672. The van der Waals surface area contributed by atoms with Gasteiger partial charge in [0.2, 0.25) is 0 Å². The molecule has 2 nitrogen and oxygen atoms in total. The summed E-state index contributed by atoms with van der Waals surface area (Å²) in [6.07, 6.45) is 1.39. The van der Waals surface area contributed by atoms with Crippen LogP contribution in [-0.4, -0.2) is 31.2 Å². The fourth-order valence-corrected chi connectivity index (χ4v) is 1.69. The van der Waals surface area contributed by atoms with Gasteiger partial charge in [-0.2, -0.15) is 0 Å². The lowest BCUT2D eigenvalue weighted by Crippen LogP contribution is -2.28. The van der Waals surface area contributed by atoms with Gasteiger partial charge < -0.3 is 10.1 Å². The Kier molecular flexibility index (Phi) is 8.64. The average Bonchev–Trinajstić information content (AvgIpc) is 2.01. The van der Waals surface area contributed by atoms with E-state index in [2.05, 4.69) is 19.2 Å². The topological polar surface area (TPSA) is 21.3 Å². The number of halogens is 1. The normalized spacial score (nSPS) is 13.9. The Bertz CT molecular complexity index is 128. The van der Waals surface area contributed by atoms with E-state index in [0.717, 1.165) is 26.1 Å². The monoisotopic (exact) mass is 221 g/mol. The van der Waals surface area contributed by atoms with E-state index in [1.807, 2.05) is 13.8 Å². The molecule has 0 bridgehead atoms. The average molecular weight is 222 g/mol. The van der Waals surface area contributed by atoms with Crippen molar-refractivity contribution in [3.63, 3.8) is 0 Å². The predicted octanol–water partition coefficient (Wildman–Crippen LogP) is 2.65. The number of rotatable bonds is 8. The minimum atomic E-state index is 0.244. The molecular formula is C11H24ClNO. The Morgan fingerprint density at radius 2 is 1.86 bits per heavy atom. The van der Waals surface area contributed by atoms with Crippen LogP contribution >= 0.6 is 11.6 Å². The molecule has 0 aromatic rings. The van der Waals surface area contributed by atoms with Crippen LogP contribution in [0.15, 0.2) is 0 Å². The van der Waals surface area contributed by atoms with Crippen LogP contribution in [0.5, 0.6) is 0 Å². The number of hydrogen-bond acceptors (Lipinski definition) is 2. The number of alkyl halides is 1. The zero-order valence-electron chi connectivity index (χ0n) is 9.85. The molecule has 14 heavy (non-hydrogen) atoms. The lowest BCUT2D eigenvalue weighted by Gasteiger charge is -2.13. The summed E-state index contributed by atoms with van der Waals surface area (Å²) in [5.41, 5.74) is 0. The van der Waals surface area contributed by atoms with Gasteiger partial charge in [-0.15, -0.1) is 11.6 Å². The maximum absolute atomic E-state index is 6.11. The first-order valence-electron chi connectivity index (χ1n) is 5.48. The van der Waals surface area contributed by atoms with E-state index in [4.69, 9.17) is 16.3 Å². The largest absolute Gasteiger partial charge is 0.377 e. The quantitative estimate of drug-likeness (QED) is 0.503. The SMILES string of the molecule is CC(C)CC(Cl)CNCCOC(C)C.